The second-order valence-corrected chi connectivity index (χ2v) is 16.5. The van der Waals surface area contributed by atoms with Gasteiger partial charge in [-0.05, 0) is 76.9 Å². The molecule has 0 aliphatic heterocycles. The summed E-state index contributed by atoms with van der Waals surface area (Å²) in [6.45, 7) is 0. The Bertz CT molecular complexity index is 4000. The van der Waals surface area contributed by atoms with Crippen molar-refractivity contribution in [1.82, 2.24) is 15.0 Å². The van der Waals surface area contributed by atoms with E-state index >= 15 is 0 Å². The van der Waals surface area contributed by atoms with Crippen molar-refractivity contribution >= 4 is 199 Å². The lowest BCUT2D eigenvalue weighted by molar-refractivity contribution is 0.668. The molecule has 12 aromatic rings. The van der Waals surface area contributed by atoms with Gasteiger partial charge in [0.1, 0.15) is 112 Å². The molecule has 4 aromatic heterocycles. The number of rotatable bonds is 5. The molecule has 0 spiro atoms. The van der Waals surface area contributed by atoms with Crippen LogP contribution < -0.4 is 54.6 Å². The highest BCUT2D eigenvalue weighted by molar-refractivity contribution is 6.70. The highest BCUT2D eigenvalue weighted by Crippen LogP contribution is 2.42. The van der Waals surface area contributed by atoms with Crippen LogP contribution in [0, 0.1) is 0 Å². The van der Waals surface area contributed by atoms with Gasteiger partial charge in [0.25, 0.3) is 0 Å². The molecule has 0 unspecified atom stereocenters. The van der Waals surface area contributed by atoms with Crippen LogP contribution in [0.2, 0.25) is 0 Å². The molecule has 0 aliphatic rings. The Morgan fingerprint density at radius 1 is 0.284 bits per heavy atom. The summed E-state index contributed by atoms with van der Waals surface area (Å²) in [4.78, 5) is 14.6. The maximum absolute atomic E-state index is 6.58. The molecular weight excluding hydrogens is 811 g/mol. The van der Waals surface area contributed by atoms with Crippen LogP contribution in [0.5, 0.6) is 0 Å². The van der Waals surface area contributed by atoms with E-state index in [1.54, 1.807) is 0 Å². The first-order valence-corrected chi connectivity index (χ1v) is 21.0. The van der Waals surface area contributed by atoms with E-state index in [4.69, 9.17) is 107 Å². The summed E-state index contributed by atoms with van der Waals surface area (Å²) in [6, 6.07) is 38.2. The Balaban J connectivity index is 1.06. The lowest BCUT2D eigenvalue weighted by atomic mass is 9.60. The Hall–Kier alpha value is -7.18. The van der Waals surface area contributed by atoms with Crippen molar-refractivity contribution < 1.29 is 13.3 Å². The average Bonchev–Trinajstić information content (AvgIpc) is 4.04. The molecule has 0 N–H and O–H groups in total. The zero-order valence-electron chi connectivity index (χ0n) is 35.3. The van der Waals surface area contributed by atoms with Crippen molar-refractivity contribution in [2.24, 2.45) is 0 Å². The van der Waals surface area contributed by atoms with Crippen LogP contribution in [0.3, 0.4) is 0 Å². The minimum atomic E-state index is -0.0120. The summed E-state index contributed by atoms with van der Waals surface area (Å²) in [5, 5.41) is 5.53. The normalized spacial score (nSPS) is 11.9. The van der Waals surface area contributed by atoms with Crippen molar-refractivity contribution in [2.75, 3.05) is 0 Å². The molecule has 0 atom stereocenters. The van der Waals surface area contributed by atoms with E-state index in [1.165, 1.54) is 0 Å². The standard InChI is InChI=1S/C51H19B10N3O3/c52-39-37(40(53)44(57)47(60)43(39)56)50-62-49(63-51(64-50)38-41(54)45(58)48(61)46(59)42(38)55)26-7-4-10-33-36(26)28-18-22(13-16-31(28)66-33)23-6-3-9-32-35(23)27-17-20(12-15-30(27)65-32)21-11-14-25-24-5-1-2-8-29(24)67-34(25)19-21/h1-19H. The van der Waals surface area contributed by atoms with Gasteiger partial charge in [-0.1, -0.05) is 82.5 Å². The summed E-state index contributed by atoms with van der Waals surface area (Å²) < 4.78 is 19.2. The lowest BCUT2D eigenvalue weighted by Gasteiger charge is -2.22. The van der Waals surface area contributed by atoms with Crippen molar-refractivity contribution in [3.63, 3.8) is 0 Å². The third-order valence-electron chi connectivity index (χ3n) is 12.7. The Morgan fingerprint density at radius 3 is 1.28 bits per heavy atom. The van der Waals surface area contributed by atoms with E-state index in [9.17, 15) is 0 Å². The molecule has 12 rings (SSSR count). The summed E-state index contributed by atoms with van der Waals surface area (Å²) in [5.41, 5.74) is 9.09. The molecule has 0 bridgehead atoms. The molecule has 67 heavy (non-hydrogen) atoms. The highest BCUT2D eigenvalue weighted by atomic mass is 16.3. The SMILES string of the molecule is [B]c1c([B])c([B])c(-c2nc(-c3c([B])c([B])c([B])c([B])c3[B])nc(-c3cccc4oc5ccc(-c6cccc7oc8ccc(-c9ccc%10c(c9)oc9ccccc9%10)cc8c67)cc5c34)n2)c([B])c1[B]. The fraction of sp³-hybridized carbons (Fsp3) is 0. The third-order valence-corrected chi connectivity index (χ3v) is 12.7. The van der Waals surface area contributed by atoms with Crippen LogP contribution in [0.1, 0.15) is 0 Å². The van der Waals surface area contributed by atoms with Gasteiger partial charge >= 0.3 is 0 Å². The van der Waals surface area contributed by atoms with Gasteiger partial charge in [-0.15, -0.1) is 32.8 Å². The molecule has 0 amide bonds. The summed E-state index contributed by atoms with van der Waals surface area (Å²) >= 11 is 0. The number of aromatic nitrogens is 3. The molecule has 16 heteroatoms. The Kier molecular flexibility index (Phi) is 9.35. The van der Waals surface area contributed by atoms with Gasteiger partial charge in [-0.25, -0.2) is 15.0 Å². The van der Waals surface area contributed by atoms with Crippen LogP contribution in [0.15, 0.2) is 129 Å². The van der Waals surface area contributed by atoms with Gasteiger partial charge in [0, 0.05) is 49.0 Å². The van der Waals surface area contributed by atoms with Gasteiger partial charge < -0.3 is 13.3 Å². The maximum Gasteiger partial charge on any atom is 0.164 e. The topological polar surface area (TPSA) is 78.1 Å². The molecule has 4 heterocycles. The minimum Gasteiger partial charge on any atom is -0.456 e. The van der Waals surface area contributed by atoms with E-state index in [2.05, 4.69) is 48.5 Å². The first-order valence-electron chi connectivity index (χ1n) is 21.0. The summed E-state index contributed by atoms with van der Waals surface area (Å²) in [6.07, 6.45) is 0. The fourth-order valence-corrected chi connectivity index (χ4v) is 9.23. The quantitative estimate of drug-likeness (QED) is 0.247. The van der Waals surface area contributed by atoms with E-state index < -0.39 is 0 Å². The number of furan rings is 3. The second-order valence-electron chi connectivity index (χ2n) is 16.5. The molecule has 0 fully saturated rings. The van der Waals surface area contributed by atoms with Crippen LogP contribution in [-0.4, -0.2) is 93.4 Å². The van der Waals surface area contributed by atoms with Gasteiger partial charge in [0.15, 0.2) is 17.5 Å². The largest absolute Gasteiger partial charge is 0.456 e. The number of fused-ring (bicyclic) bond motifs is 9. The molecule has 0 saturated heterocycles. The summed E-state index contributed by atoms with van der Waals surface area (Å²) in [7, 11) is 64.0. The van der Waals surface area contributed by atoms with E-state index in [0.717, 1.165) is 71.5 Å². The smallest absolute Gasteiger partial charge is 0.164 e. The van der Waals surface area contributed by atoms with Gasteiger partial charge in [0.2, 0.25) is 0 Å². The zero-order chi connectivity index (χ0) is 46.2. The molecular formula is C51H19B10N3O3. The number of hydrogen-bond donors (Lipinski definition) is 0. The molecule has 0 saturated carbocycles. The number of nitrogens with zero attached hydrogens (tertiary/aromatic N) is 3. The third kappa shape index (κ3) is 6.21. The Morgan fingerprint density at radius 2 is 0.687 bits per heavy atom. The maximum atomic E-state index is 6.58. The van der Waals surface area contributed by atoms with E-state index in [1.807, 2.05) is 66.7 Å². The minimum absolute atomic E-state index is 0.00137. The first-order chi connectivity index (χ1) is 32.4. The summed E-state index contributed by atoms with van der Waals surface area (Å²) in [5.74, 6) is 0.139. The van der Waals surface area contributed by atoms with E-state index in [0.29, 0.717) is 22.1 Å². The first kappa shape index (κ1) is 41.3. The van der Waals surface area contributed by atoms with E-state index in [-0.39, 0.29) is 83.2 Å². The number of hydrogen-bond acceptors (Lipinski definition) is 6. The van der Waals surface area contributed by atoms with Crippen LogP contribution in [0.25, 0.3) is 122 Å². The predicted octanol–water partition coefficient (Wildman–Crippen LogP) is 1.84. The van der Waals surface area contributed by atoms with Crippen molar-refractivity contribution in [3.8, 4) is 56.4 Å². The Labute approximate surface area is 396 Å². The fourth-order valence-electron chi connectivity index (χ4n) is 9.23. The average molecular weight is 830 g/mol. The van der Waals surface area contributed by atoms with Crippen LogP contribution in [0.4, 0.5) is 0 Å². The van der Waals surface area contributed by atoms with Gasteiger partial charge in [-0.2, -0.15) is 0 Å². The van der Waals surface area contributed by atoms with Crippen LogP contribution in [-0.2, 0) is 0 Å². The molecule has 0 aliphatic carbocycles. The molecule has 8 aromatic carbocycles. The second kappa shape index (κ2) is 15.2. The lowest BCUT2D eigenvalue weighted by Crippen LogP contribution is -2.55. The molecule has 6 nitrogen and oxygen atoms in total. The number of para-hydroxylation sites is 1. The van der Waals surface area contributed by atoms with Crippen molar-refractivity contribution in [2.45, 2.75) is 0 Å². The molecule has 20 radical (unpaired) electrons. The van der Waals surface area contributed by atoms with Gasteiger partial charge in [0.05, 0.1) is 0 Å². The van der Waals surface area contributed by atoms with Crippen LogP contribution >= 0.6 is 0 Å². The van der Waals surface area contributed by atoms with Crippen molar-refractivity contribution in [1.29, 1.82) is 0 Å². The number of benzene rings is 8. The predicted molar refractivity (Wildman–Crippen MR) is 283 cm³/mol. The molecule has 286 valence electrons. The monoisotopic (exact) mass is 831 g/mol. The van der Waals surface area contributed by atoms with Crippen molar-refractivity contribution in [3.05, 3.63) is 115 Å². The highest BCUT2D eigenvalue weighted by Gasteiger charge is 2.24. The zero-order valence-corrected chi connectivity index (χ0v) is 35.3. The van der Waals surface area contributed by atoms with Gasteiger partial charge in [-0.3, -0.25) is 0 Å².